The van der Waals surface area contributed by atoms with E-state index in [0.717, 1.165) is 16.9 Å². The van der Waals surface area contributed by atoms with Crippen LogP contribution in [0.5, 0.6) is 0 Å². The fraction of sp³-hybridized carbons (Fsp3) is 0.333. The summed E-state index contributed by atoms with van der Waals surface area (Å²) in [6.07, 6.45) is 0.150. The first-order valence-electron chi connectivity index (χ1n) is 9.95. The largest absolute Gasteiger partial charge is 0.340 e. The van der Waals surface area contributed by atoms with E-state index in [1.807, 2.05) is 6.92 Å². The van der Waals surface area contributed by atoms with Gasteiger partial charge in [0.15, 0.2) is 0 Å². The molecule has 0 atom stereocenters. The lowest BCUT2D eigenvalue weighted by atomic mass is 10.1. The van der Waals surface area contributed by atoms with Crippen molar-refractivity contribution in [2.24, 2.45) is 0 Å². The Morgan fingerprint density at radius 1 is 1.06 bits per heavy atom. The van der Waals surface area contributed by atoms with Crippen LogP contribution in [0.3, 0.4) is 0 Å². The van der Waals surface area contributed by atoms with Gasteiger partial charge in [0.1, 0.15) is 5.82 Å². The number of benzene rings is 2. The predicted octanol–water partition coefficient (Wildman–Crippen LogP) is 2.30. The maximum atomic E-state index is 13.1. The first kappa shape index (κ1) is 21.7. The summed E-state index contributed by atoms with van der Waals surface area (Å²) in [6, 6.07) is 10.5. The van der Waals surface area contributed by atoms with Crippen LogP contribution in [0.4, 0.5) is 4.39 Å². The Bertz CT molecular complexity index is 1270. The molecular formula is C21H22FN3O4S2. The number of aromatic nitrogens is 1. The van der Waals surface area contributed by atoms with Gasteiger partial charge in [-0.25, -0.2) is 12.8 Å². The highest BCUT2D eigenvalue weighted by atomic mass is 32.2. The summed E-state index contributed by atoms with van der Waals surface area (Å²) in [5.74, 6) is -0.470. The third kappa shape index (κ3) is 4.28. The maximum Gasteiger partial charge on any atom is 0.308 e. The number of hydrogen-bond donors (Lipinski definition) is 0. The van der Waals surface area contributed by atoms with Gasteiger partial charge in [-0.1, -0.05) is 23.5 Å². The number of carbonyl (C=O) groups is 1. The van der Waals surface area contributed by atoms with Gasteiger partial charge in [0.05, 0.1) is 21.5 Å². The van der Waals surface area contributed by atoms with Crippen LogP contribution in [0.1, 0.15) is 12.5 Å². The van der Waals surface area contributed by atoms with Crippen molar-refractivity contribution in [2.45, 2.75) is 24.8 Å². The standard InChI is InChI=1S/C21H22FN3O4S2/c1-2-25-18-8-7-17(14-19(18)30-21(25)27)31(28,29)24-11-9-23(10-12-24)20(26)13-15-3-5-16(22)6-4-15/h3-8,14H,2,9-13H2,1H3. The van der Waals surface area contributed by atoms with Crippen molar-refractivity contribution in [1.29, 1.82) is 0 Å². The fourth-order valence-electron chi connectivity index (χ4n) is 3.72. The molecule has 31 heavy (non-hydrogen) atoms. The first-order valence-corrected chi connectivity index (χ1v) is 12.2. The van der Waals surface area contributed by atoms with Crippen LogP contribution in [-0.2, 0) is 27.8 Å². The van der Waals surface area contributed by atoms with Crippen LogP contribution in [0.2, 0.25) is 0 Å². The van der Waals surface area contributed by atoms with Gasteiger partial charge >= 0.3 is 4.87 Å². The average molecular weight is 464 g/mol. The van der Waals surface area contributed by atoms with Gasteiger partial charge in [0, 0.05) is 32.7 Å². The van der Waals surface area contributed by atoms with Gasteiger partial charge in [0.2, 0.25) is 15.9 Å². The lowest BCUT2D eigenvalue weighted by molar-refractivity contribution is -0.131. The van der Waals surface area contributed by atoms with E-state index >= 15 is 0 Å². The van der Waals surface area contributed by atoms with Crippen LogP contribution in [0.25, 0.3) is 10.2 Å². The normalized spacial score (nSPS) is 15.5. The minimum atomic E-state index is -3.73. The monoisotopic (exact) mass is 463 g/mol. The van der Waals surface area contributed by atoms with Gasteiger partial charge in [-0.2, -0.15) is 4.31 Å². The molecule has 1 aromatic heterocycles. The summed E-state index contributed by atoms with van der Waals surface area (Å²) in [5, 5.41) is 0. The number of hydrogen-bond acceptors (Lipinski definition) is 5. The molecule has 1 saturated heterocycles. The minimum absolute atomic E-state index is 0.111. The summed E-state index contributed by atoms with van der Waals surface area (Å²) >= 11 is 1.03. The molecule has 0 aliphatic carbocycles. The molecule has 1 amide bonds. The number of fused-ring (bicyclic) bond motifs is 1. The zero-order valence-electron chi connectivity index (χ0n) is 17.0. The highest BCUT2D eigenvalue weighted by Gasteiger charge is 2.30. The van der Waals surface area contributed by atoms with Crippen molar-refractivity contribution in [3.8, 4) is 0 Å². The lowest BCUT2D eigenvalue weighted by Crippen LogP contribution is -2.50. The number of sulfonamides is 1. The number of nitrogens with zero attached hydrogens (tertiary/aromatic N) is 3. The first-order chi connectivity index (χ1) is 14.8. The quantitative estimate of drug-likeness (QED) is 0.582. The molecule has 4 rings (SSSR count). The number of amides is 1. The molecule has 0 N–H and O–H groups in total. The molecule has 2 aromatic carbocycles. The maximum absolute atomic E-state index is 13.1. The second kappa shape index (κ2) is 8.52. The second-order valence-electron chi connectivity index (χ2n) is 7.33. The van der Waals surface area contributed by atoms with Crippen molar-refractivity contribution in [2.75, 3.05) is 26.2 Å². The van der Waals surface area contributed by atoms with Gasteiger partial charge in [-0.3, -0.25) is 14.2 Å². The third-order valence-electron chi connectivity index (χ3n) is 5.45. The third-order valence-corrected chi connectivity index (χ3v) is 8.29. The molecule has 0 radical (unpaired) electrons. The minimum Gasteiger partial charge on any atom is -0.340 e. The SMILES string of the molecule is CCn1c(=O)sc2cc(S(=O)(=O)N3CCN(C(=O)Cc4ccc(F)cc4)CC3)ccc21. The van der Waals surface area contributed by atoms with E-state index < -0.39 is 10.0 Å². The topological polar surface area (TPSA) is 79.7 Å². The van der Waals surface area contributed by atoms with E-state index in [0.29, 0.717) is 29.9 Å². The van der Waals surface area contributed by atoms with E-state index in [2.05, 4.69) is 0 Å². The highest BCUT2D eigenvalue weighted by Crippen LogP contribution is 2.25. The molecule has 0 saturated carbocycles. The molecule has 10 heteroatoms. The molecular weight excluding hydrogens is 441 g/mol. The summed E-state index contributed by atoms with van der Waals surface area (Å²) in [7, 11) is -3.73. The van der Waals surface area contributed by atoms with Gasteiger partial charge < -0.3 is 4.90 Å². The van der Waals surface area contributed by atoms with E-state index in [4.69, 9.17) is 0 Å². The molecule has 1 aliphatic rings. The summed E-state index contributed by atoms with van der Waals surface area (Å²) in [5.41, 5.74) is 1.44. The second-order valence-corrected chi connectivity index (χ2v) is 10.3. The van der Waals surface area contributed by atoms with Crippen LogP contribution in [0, 0.1) is 5.82 Å². The Balaban J connectivity index is 1.45. The van der Waals surface area contributed by atoms with Crippen molar-refractivity contribution in [1.82, 2.24) is 13.8 Å². The van der Waals surface area contributed by atoms with Gasteiger partial charge in [0.25, 0.3) is 0 Å². The van der Waals surface area contributed by atoms with Crippen molar-refractivity contribution < 1.29 is 17.6 Å². The van der Waals surface area contributed by atoms with Crippen molar-refractivity contribution in [3.63, 3.8) is 0 Å². The zero-order chi connectivity index (χ0) is 22.2. The molecule has 1 aliphatic heterocycles. The molecule has 0 spiro atoms. The molecule has 0 bridgehead atoms. The van der Waals surface area contributed by atoms with Crippen LogP contribution in [-0.4, -0.2) is 54.3 Å². The fourth-order valence-corrected chi connectivity index (χ4v) is 6.24. The summed E-state index contributed by atoms with van der Waals surface area (Å²) in [6.45, 7) is 3.37. The van der Waals surface area contributed by atoms with E-state index in [1.165, 1.54) is 22.5 Å². The smallest absolute Gasteiger partial charge is 0.308 e. The number of carbonyl (C=O) groups excluding carboxylic acids is 1. The van der Waals surface area contributed by atoms with Crippen molar-refractivity contribution in [3.05, 3.63) is 63.5 Å². The zero-order valence-corrected chi connectivity index (χ0v) is 18.6. The number of halogens is 1. The molecule has 2 heterocycles. The van der Waals surface area contributed by atoms with E-state index in [1.54, 1.807) is 33.7 Å². The molecule has 3 aromatic rings. The van der Waals surface area contributed by atoms with Crippen LogP contribution < -0.4 is 4.87 Å². The number of piperazine rings is 1. The van der Waals surface area contributed by atoms with Crippen LogP contribution in [0.15, 0.2) is 52.2 Å². The Morgan fingerprint density at radius 2 is 1.74 bits per heavy atom. The molecule has 7 nitrogen and oxygen atoms in total. The van der Waals surface area contributed by atoms with Gasteiger partial charge in [-0.05, 0) is 42.8 Å². The van der Waals surface area contributed by atoms with E-state index in [-0.39, 0.29) is 41.0 Å². The molecule has 0 unspecified atom stereocenters. The number of rotatable bonds is 5. The Hall–Kier alpha value is -2.56. The predicted molar refractivity (Wildman–Crippen MR) is 117 cm³/mol. The number of thiazole rings is 1. The average Bonchev–Trinajstić information content (AvgIpc) is 3.09. The summed E-state index contributed by atoms with van der Waals surface area (Å²) in [4.78, 5) is 26.2. The van der Waals surface area contributed by atoms with Crippen LogP contribution >= 0.6 is 11.3 Å². The van der Waals surface area contributed by atoms with Crippen molar-refractivity contribution >= 4 is 37.5 Å². The Labute approximate surface area is 183 Å². The highest BCUT2D eigenvalue weighted by molar-refractivity contribution is 7.89. The Morgan fingerprint density at radius 3 is 2.39 bits per heavy atom. The lowest BCUT2D eigenvalue weighted by Gasteiger charge is -2.34. The molecule has 1 fully saturated rings. The van der Waals surface area contributed by atoms with Gasteiger partial charge in [-0.15, -0.1) is 0 Å². The Kier molecular flexibility index (Phi) is 5.96. The van der Waals surface area contributed by atoms with E-state index in [9.17, 15) is 22.4 Å². The number of aryl methyl sites for hydroxylation is 1. The summed E-state index contributed by atoms with van der Waals surface area (Å²) < 4.78 is 42.8. The molecule has 164 valence electrons.